The number of nitrogens with zero attached hydrogens (tertiary/aromatic N) is 4. The Morgan fingerprint density at radius 1 is 1.22 bits per heavy atom. The molecular weight excluding hydrogens is 316 g/mol. The number of fused-ring (bicyclic) bond motifs is 1. The third-order valence-corrected chi connectivity index (χ3v) is 5.82. The lowest BCUT2D eigenvalue weighted by molar-refractivity contribution is 0.314. The zero-order valence-electron chi connectivity index (χ0n) is 12.7. The van der Waals surface area contributed by atoms with E-state index < -0.39 is 10.0 Å². The molecule has 0 saturated heterocycles. The summed E-state index contributed by atoms with van der Waals surface area (Å²) in [4.78, 5) is 4.15. The molecule has 0 aliphatic heterocycles. The van der Waals surface area contributed by atoms with Crippen molar-refractivity contribution >= 4 is 21.1 Å². The maximum atomic E-state index is 13.1. The topological polar surface area (TPSA) is 89.2 Å². The average molecular weight is 332 g/mol. The molecule has 0 amide bonds. The Bertz CT molecular complexity index is 909. The maximum Gasteiger partial charge on any atom is 0.245 e. The molecule has 8 heteroatoms. The molecule has 1 atom stereocenters. The Hall–Kier alpha value is -2.32. The van der Waals surface area contributed by atoms with Crippen LogP contribution in [0.4, 0.5) is 0 Å². The predicted octanol–water partition coefficient (Wildman–Crippen LogP) is 2.39. The SMILES string of the molecule is CCN([C@H](C)c1cccnc1)S(=O)(=O)c1cccc2nonc12. The smallest absolute Gasteiger partial charge is 0.245 e. The minimum absolute atomic E-state index is 0.0915. The third kappa shape index (κ3) is 2.71. The van der Waals surface area contributed by atoms with Gasteiger partial charge in [0.15, 0.2) is 5.52 Å². The lowest BCUT2D eigenvalue weighted by atomic mass is 10.1. The summed E-state index contributed by atoms with van der Waals surface area (Å²) in [7, 11) is -3.75. The standard InChI is InChI=1S/C15H16N4O3S/c1-3-19(11(2)12-6-5-9-16-10-12)23(20,21)14-8-4-7-13-15(14)18-22-17-13/h4-11H,3H2,1-2H3/t11-/m1/s1. The minimum Gasteiger partial charge on any atom is -0.264 e. The van der Waals surface area contributed by atoms with Gasteiger partial charge in [-0.3, -0.25) is 4.98 Å². The van der Waals surface area contributed by atoms with Crippen LogP contribution in [0, 0.1) is 0 Å². The quantitative estimate of drug-likeness (QED) is 0.712. The number of aromatic nitrogens is 3. The van der Waals surface area contributed by atoms with E-state index in [0.29, 0.717) is 12.1 Å². The molecule has 0 radical (unpaired) electrons. The van der Waals surface area contributed by atoms with Gasteiger partial charge in [0.05, 0.1) is 0 Å². The molecule has 0 unspecified atom stereocenters. The molecule has 0 spiro atoms. The molecular formula is C15H16N4O3S. The predicted molar refractivity (Wildman–Crippen MR) is 84.0 cm³/mol. The van der Waals surface area contributed by atoms with Crippen LogP contribution < -0.4 is 0 Å². The summed E-state index contributed by atoms with van der Waals surface area (Å²) < 4.78 is 32.2. The second-order valence-corrected chi connectivity index (χ2v) is 6.92. The van der Waals surface area contributed by atoms with E-state index in [1.54, 1.807) is 37.5 Å². The number of hydrogen-bond acceptors (Lipinski definition) is 6. The number of pyridine rings is 1. The minimum atomic E-state index is -3.75. The molecule has 0 bridgehead atoms. The molecule has 0 aliphatic carbocycles. The molecule has 3 rings (SSSR count). The van der Waals surface area contributed by atoms with E-state index in [-0.39, 0.29) is 16.5 Å². The van der Waals surface area contributed by atoms with E-state index in [1.165, 1.54) is 10.4 Å². The van der Waals surface area contributed by atoms with Crippen LogP contribution in [0.1, 0.15) is 25.5 Å². The van der Waals surface area contributed by atoms with E-state index in [9.17, 15) is 8.42 Å². The number of rotatable bonds is 5. The fourth-order valence-electron chi connectivity index (χ4n) is 2.56. The zero-order chi connectivity index (χ0) is 16.4. The highest BCUT2D eigenvalue weighted by atomic mass is 32.2. The van der Waals surface area contributed by atoms with E-state index in [4.69, 9.17) is 0 Å². The van der Waals surface area contributed by atoms with E-state index in [2.05, 4.69) is 19.9 Å². The van der Waals surface area contributed by atoms with E-state index >= 15 is 0 Å². The first-order chi connectivity index (χ1) is 11.1. The van der Waals surface area contributed by atoms with Crippen LogP contribution >= 0.6 is 0 Å². The molecule has 0 saturated carbocycles. The number of benzene rings is 1. The molecule has 2 heterocycles. The summed E-state index contributed by atoms with van der Waals surface area (Å²) in [6, 6.07) is 8.09. The molecule has 120 valence electrons. The van der Waals surface area contributed by atoms with Gasteiger partial charge < -0.3 is 0 Å². The van der Waals surface area contributed by atoms with Crippen molar-refractivity contribution < 1.29 is 13.0 Å². The van der Waals surface area contributed by atoms with Crippen LogP contribution in [-0.2, 0) is 10.0 Å². The average Bonchev–Trinajstić information content (AvgIpc) is 3.04. The van der Waals surface area contributed by atoms with Gasteiger partial charge in [-0.25, -0.2) is 13.0 Å². The zero-order valence-corrected chi connectivity index (χ0v) is 13.6. The Kier molecular flexibility index (Phi) is 4.10. The van der Waals surface area contributed by atoms with Crippen LogP contribution in [0.15, 0.2) is 52.3 Å². The summed E-state index contributed by atoms with van der Waals surface area (Å²) in [5, 5.41) is 7.43. The van der Waals surface area contributed by atoms with Gasteiger partial charge in [-0.05, 0) is 41.0 Å². The van der Waals surface area contributed by atoms with Crippen molar-refractivity contribution in [1.82, 2.24) is 19.6 Å². The maximum absolute atomic E-state index is 13.1. The van der Waals surface area contributed by atoms with Gasteiger partial charge in [-0.1, -0.05) is 19.1 Å². The molecule has 0 N–H and O–H groups in total. The van der Waals surface area contributed by atoms with Gasteiger partial charge in [-0.15, -0.1) is 0 Å². The molecule has 1 aromatic carbocycles. The second kappa shape index (κ2) is 6.05. The first-order valence-corrected chi connectivity index (χ1v) is 8.62. The summed E-state index contributed by atoms with van der Waals surface area (Å²) >= 11 is 0. The van der Waals surface area contributed by atoms with Gasteiger partial charge in [-0.2, -0.15) is 4.31 Å². The largest absolute Gasteiger partial charge is 0.264 e. The van der Waals surface area contributed by atoms with Crippen LogP contribution in [0.3, 0.4) is 0 Å². The molecule has 0 fully saturated rings. The number of sulfonamides is 1. The molecule has 2 aromatic heterocycles. The summed E-state index contributed by atoms with van der Waals surface area (Å²) in [5.41, 5.74) is 1.48. The highest BCUT2D eigenvalue weighted by molar-refractivity contribution is 7.89. The highest BCUT2D eigenvalue weighted by Gasteiger charge is 2.31. The lowest BCUT2D eigenvalue weighted by Crippen LogP contribution is -2.33. The Morgan fingerprint density at radius 3 is 2.74 bits per heavy atom. The van der Waals surface area contributed by atoms with Crippen molar-refractivity contribution in [2.75, 3.05) is 6.54 Å². The Balaban J connectivity index is 2.08. The molecule has 23 heavy (non-hydrogen) atoms. The monoisotopic (exact) mass is 332 g/mol. The van der Waals surface area contributed by atoms with Crippen LogP contribution in [-0.4, -0.2) is 34.6 Å². The normalized spacial score (nSPS) is 13.5. The van der Waals surface area contributed by atoms with Gasteiger partial charge >= 0.3 is 0 Å². The Morgan fingerprint density at radius 2 is 2.04 bits per heavy atom. The molecule has 7 nitrogen and oxygen atoms in total. The third-order valence-electron chi connectivity index (χ3n) is 3.75. The highest BCUT2D eigenvalue weighted by Crippen LogP contribution is 2.29. The van der Waals surface area contributed by atoms with Gasteiger partial charge in [0.1, 0.15) is 10.4 Å². The lowest BCUT2D eigenvalue weighted by Gasteiger charge is -2.27. The summed E-state index contributed by atoms with van der Waals surface area (Å²) in [5.74, 6) is 0. The van der Waals surface area contributed by atoms with Crippen LogP contribution in [0.5, 0.6) is 0 Å². The fourth-order valence-corrected chi connectivity index (χ4v) is 4.32. The van der Waals surface area contributed by atoms with Gasteiger partial charge in [0, 0.05) is 25.0 Å². The Labute approximate surface area is 134 Å². The van der Waals surface area contributed by atoms with E-state index in [1.807, 2.05) is 13.0 Å². The number of hydrogen-bond donors (Lipinski definition) is 0. The van der Waals surface area contributed by atoms with Crippen molar-refractivity contribution in [2.45, 2.75) is 24.8 Å². The summed E-state index contributed by atoms with van der Waals surface area (Å²) in [6.45, 7) is 3.95. The fraction of sp³-hybridized carbons (Fsp3) is 0.267. The molecule has 0 aliphatic rings. The van der Waals surface area contributed by atoms with Gasteiger partial charge in [0.2, 0.25) is 10.0 Å². The van der Waals surface area contributed by atoms with Crippen molar-refractivity contribution in [1.29, 1.82) is 0 Å². The first kappa shape index (κ1) is 15.6. The summed E-state index contributed by atoms with van der Waals surface area (Å²) in [6.07, 6.45) is 3.32. The van der Waals surface area contributed by atoms with E-state index in [0.717, 1.165) is 5.56 Å². The van der Waals surface area contributed by atoms with Crippen molar-refractivity contribution in [3.05, 3.63) is 48.3 Å². The first-order valence-electron chi connectivity index (χ1n) is 7.18. The van der Waals surface area contributed by atoms with Gasteiger partial charge in [0.25, 0.3) is 0 Å². The van der Waals surface area contributed by atoms with Crippen molar-refractivity contribution in [3.63, 3.8) is 0 Å². The van der Waals surface area contributed by atoms with Crippen molar-refractivity contribution in [2.24, 2.45) is 0 Å². The van der Waals surface area contributed by atoms with Crippen molar-refractivity contribution in [3.8, 4) is 0 Å². The van der Waals surface area contributed by atoms with Crippen LogP contribution in [0.2, 0.25) is 0 Å². The van der Waals surface area contributed by atoms with Crippen LogP contribution in [0.25, 0.3) is 11.0 Å². The second-order valence-electron chi connectivity index (χ2n) is 5.06. The molecule has 3 aromatic rings.